The summed E-state index contributed by atoms with van der Waals surface area (Å²) in [5.74, 6) is -1.36. The fraction of sp³-hybridized carbons (Fsp3) is 0.455. The van der Waals surface area contributed by atoms with Crippen LogP contribution in [0.3, 0.4) is 0 Å². The molecular weight excluding hydrogens is 254 g/mol. The zero-order chi connectivity index (χ0) is 14.2. The Bertz CT molecular complexity index is 552. The number of nitrogens with one attached hydrogen (secondary N) is 1. The van der Waals surface area contributed by atoms with Gasteiger partial charge < -0.3 is 15.0 Å². The topological polar surface area (TPSA) is 117 Å². The van der Waals surface area contributed by atoms with E-state index in [9.17, 15) is 19.7 Å². The number of aliphatic carboxylic acids is 1. The Balaban J connectivity index is 2.13. The Kier molecular flexibility index (Phi) is 3.01. The van der Waals surface area contributed by atoms with Gasteiger partial charge in [0, 0.05) is 19.2 Å². The molecule has 0 saturated carbocycles. The Morgan fingerprint density at radius 1 is 1.58 bits per heavy atom. The van der Waals surface area contributed by atoms with Crippen LogP contribution >= 0.6 is 0 Å². The van der Waals surface area contributed by atoms with E-state index in [0.717, 1.165) is 12.3 Å². The number of likely N-dealkylation sites (tertiary alicyclic amines) is 1. The van der Waals surface area contributed by atoms with Gasteiger partial charge in [-0.3, -0.25) is 19.7 Å². The molecule has 1 unspecified atom stereocenters. The van der Waals surface area contributed by atoms with Crippen LogP contribution in [0.2, 0.25) is 0 Å². The molecule has 1 atom stereocenters. The van der Waals surface area contributed by atoms with E-state index in [-0.39, 0.29) is 17.9 Å². The molecule has 0 bridgehead atoms. The summed E-state index contributed by atoms with van der Waals surface area (Å²) in [6.07, 6.45) is 1.51. The lowest BCUT2D eigenvalue weighted by molar-refractivity contribution is -0.384. The smallest absolute Gasteiger partial charge is 0.311 e. The molecule has 0 radical (unpaired) electrons. The number of hydrogen-bond acceptors (Lipinski definition) is 4. The van der Waals surface area contributed by atoms with Gasteiger partial charge in [0.2, 0.25) is 0 Å². The number of carbonyl (C=O) groups is 2. The van der Waals surface area contributed by atoms with Crippen molar-refractivity contribution in [3.63, 3.8) is 0 Å². The minimum Gasteiger partial charge on any atom is -0.481 e. The van der Waals surface area contributed by atoms with Crippen LogP contribution in [-0.2, 0) is 4.79 Å². The zero-order valence-electron chi connectivity index (χ0n) is 10.3. The minimum atomic E-state index is -0.950. The lowest BCUT2D eigenvalue weighted by Crippen LogP contribution is -2.35. The summed E-state index contributed by atoms with van der Waals surface area (Å²) in [5.41, 5.74) is -1.04. The molecule has 19 heavy (non-hydrogen) atoms. The van der Waals surface area contributed by atoms with Crippen LogP contribution in [-0.4, -0.2) is 44.9 Å². The van der Waals surface area contributed by atoms with Crippen molar-refractivity contribution >= 4 is 17.6 Å². The van der Waals surface area contributed by atoms with Crippen LogP contribution in [0.1, 0.15) is 23.8 Å². The molecule has 8 nitrogen and oxygen atoms in total. The summed E-state index contributed by atoms with van der Waals surface area (Å²) in [7, 11) is 0. The first-order valence-electron chi connectivity index (χ1n) is 5.69. The highest BCUT2D eigenvalue weighted by atomic mass is 16.6. The number of carboxylic acids is 1. The number of hydrogen-bond donors (Lipinski definition) is 2. The maximum Gasteiger partial charge on any atom is 0.311 e. The van der Waals surface area contributed by atoms with Gasteiger partial charge in [-0.05, 0) is 13.3 Å². The number of aromatic nitrogens is 1. The first-order chi connectivity index (χ1) is 8.83. The predicted octanol–water partition coefficient (Wildman–Crippen LogP) is 0.860. The van der Waals surface area contributed by atoms with Crippen LogP contribution in [0.5, 0.6) is 0 Å². The van der Waals surface area contributed by atoms with E-state index < -0.39 is 22.2 Å². The van der Waals surface area contributed by atoms with E-state index >= 15 is 0 Å². The van der Waals surface area contributed by atoms with Crippen molar-refractivity contribution < 1.29 is 19.6 Å². The number of carboxylic acid groups (broad SMARTS) is 1. The number of rotatable bonds is 3. The van der Waals surface area contributed by atoms with Crippen LogP contribution < -0.4 is 0 Å². The number of nitrogens with zero attached hydrogens (tertiary/aromatic N) is 2. The molecule has 1 aliphatic rings. The van der Waals surface area contributed by atoms with Crippen molar-refractivity contribution in [3.8, 4) is 0 Å². The second-order valence-corrected chi connectivity index (χ2v) is 4.87. The summed E-state index contributed by atoms with van der Waals surface area (Å²) < 4.78 is 0. The van der Waals surface area contributed by atoms with E-state index in [1.165, 1.54) is 4.90 Å². The van der Waals surface area contributed by atoms with Crippen molar-refractivity contribution in [2.75, 3.05) is 13.1 Å². The van der Waals surface area contributed by atoms with Crippen molar-refractivity contribution in [1.82, 2.24) is 9.88 Å². The van der Waals surface area contributed by atoms with E-state index in [4.69, 9.17) is 5.11 Å². The number of nitro groups is 1. The third kappa shape index (κ3) is 2.28. The van der Waals surface area contributed by atoms with Crippen LogP contribution in [0.4, 0.5) is 5.69 Å². The Hall–Kier alpha value is -2.38. The first-order valence-corrected chi connectivity index (χ1v) is 5.69. The van der Waals surface area contributed by atoms with Gasteiger partial charge in [0.15, 0.2) is 0 Å². The molecule has 1 saturated heterocycles. The second kappa shape index (κ2) is 4.38. The van der Waals surface area contributed by atoms with Gasteiger partial charge in [0.1, 0.15) is 5.69 Å². The summed E-state index contributed by atoms with van der Waals surface area (Å²) >= 11 is 0. The van der Waals surface area contributed by atoms with Crippen molar-refractivity contribution in [2.45, 2.75) is 13.3 Å². The lowest BCUT2D eigenvalue weighted by Gasteiger charge is -2.19. The molecule has 0 aliphatic carbocycles. The Labute approximate surface area is 108 Å². The van der Waals surface area contributed by atoms with Crippen LogP contribution in [0.15, 0.2) is 12.3 Å². The third-order valence-electron chi connectivity index (χ3n) is 3.39. The molecule has 1 aromatic rings. The molecule has 1 aromatic heterocycles. The van der Waals surface area contributed by atoms with E-state index in [0.29, 0.717) is 13.0 Å². The van der Waals surface area contributed by atoms with Crippen LogP contribution in [0, 0.1) is 15.5 Å². The highest BCUT2D eigenvalue weighted by Gasteiger charge is 2.42. The molecule has 2 heterocycles. The van der Waals surface area contributed by atoms with Crippen molar-refractivity contribution in [3.05, 3.63) is 28.1 Å². The molecule has 2 rings (SSSR count). The average Bonchev–Trinajstić information content (AvgIpc) is 2.95. The summed E-state index contributed by atoms with van der Waals surface area (Å²) in [4.78, 5) is 37.0. The zero-order valence-corrected chi connectivity index (χ0v) is 10.3. The lowest BCUT2D eigenvalue weighted by atomic mass is 9.90. The highest BCUT2D eigenvalue weighted by Crippen LogP contribution is 2.31. The monoisotopic (exact) mass is 267 g/mol. The number of aromatic amines is 1. The van der Waals surface area contributed by atoms with E-state index in [1.54, 1.807) is 6.92 Å². The minimum absolute atomic E-state index is 0.0985. The quantitative estimate of drug-likeness (QED) is 0.622. The van der Waals surface area contributed by atoms with Gasteiger partial charge in [-0.25, -0.2) is 0 Å². The maximum absolute atomic E-state index is 12.1. The molecule has 1 amide bonds. The molecule has 1 fully saturated rings. The summed E-state index contributed by atoms with van der Waals surface area (Å²) in [6.45, 7) is 2.02. The summed E-state index contributed by atoms with van der Waals surface area (Å²) in [5, 5.41) is 19.6. The molecular formula is C11H13N3O5. The highest BCUT2D eigenvalue weighted by molar-refractivity contribution is 5.94. The maximum atomic E-state index is 12.1. The Morgan fingerprint density at radius 2 is 2.26 bits per heavy atom. The van der Waals surface area contributed by atoms with Gasteiger partial charge in [0.25, 0.3) is 11.6 Å². The van der Waals surface area contributed by atoms with Gasteiger partial charge in [-0.15, -0.1) is 0 Å². The first kappa shape index (κ1) is 13.1. The largest absolute Gasteiger partial charge is 0.481 e. The molecule has 2 N–H and O–H groups in total. The van der Waals surface area contributed by atoms with Crippen molar-refractivity contribution in [1.29, 1.82) is 0 Å². The van der Waals surface area contributed by atoms with Gasteiger partial charge >= 0.3 is 5.97 Å². The fourth-order valence-corrected chi connectivity index (χ4v) is 2.09. The third-order valence-corrected chi connectivity index (χ3v) is 3.39. The molecule has 0 spiro atoms. The predicted molar refractivity (Wildman–Crippen MR) is 63.7 cm³/mol. The molecule has 1 aliphatic heterocycles. The molecule has 0 aromatic carbocycles. The van der Waals surface area contributed by atoms with Crippen LogP contribution in [0.25, 0.3) is 0 Å². The van der Waals surface area contributed by atoms with Crippen molar-refractivity contribution in [2.24, 2.45) is 5.41 Å². The van der Waals surface area contributed by atoms with Gasteiger partial charge in [0.05, 0.1) is 16.5 Å². The standard InChI is InChI=1S/C11H13N3O5/c1-11(10(16)17)2-3-13(6-11)9(15)8-4-7(5-12-8)14(18)19/h4-5,12H,2-3,6H2,1H3,(H,16,17). The number of amides is 1. The number of carbonyl (C=O) groups excluding carboxylic acids is 1. The average molecular weight is 267 g/mol. The second-order valence-electron chi connectivity index (χ2n) is 4.87. The fourth-order valence-electron chi connectivity index (χ4n) is 2.09. The summed E-state index contributed by atoms with van der Waals surface area (Å²) in [6, 6.07) is 1.15. The number of H-pyrrole nitrogens is 1. The normalized spacial score (nSPS) is 22.5. The SMILES string of the molecule is CC1(C(=O)O)CCN(C(=O)c2cc([N+](=O)[O-])c[nH]2)C1. The molecule has 102 valence electrons. The molecule has 8 heteroatoms. The van der Waals surface area contributed by atoms with Gasteiger partial charge in [-0.1, -0.05) is 0 Å². The van der Waals surface area contributed by atoms with E-state index in [2.05, 4.69) is 4.98 Å². The Morgan fingerprint density at radius 3 is 2.74 bits per heavy atom. The van der Waals surface area contributed by atoms with E-state index in [1.807, 2.05) is 0 Å². The van der Waals surface area contributed by atoms with Gasteiger partial charge in [-0.2, -0.15) is 0 Å².